The molecule has 0 aromatic heterocycles. The van der Waals surface area contributed by atoms with E-state index in [1.165, 1.54) is 10.4 Å². The van der Waals surface area contributed by atoms with Crippen LogP contribution in [-0.4, -0.2) is 47.6 Å². The molecule has 0 aliphatic carbocycles. The average Bonchev–Trinajstić information content (AvgIpc) is 3.06. The third kappa shape index (κ3) is 8.97. The Kier molecular flexibility index (Phi) is 12.9. The molecule has 0 N–H and O–H groups in total. The Morgan fingerprint density at radius 3 is 1.45 bits per heavy atom. The fourth-order valence-corrected chi connectivity index (χ4v) is 10.4. The molecule has 0 spiro atoms. The molecule has 0 saturated carbocycles. The van der Waals surface area contributed by atoms with E-state index in [0.717, 1.165) is 11.1 Å². The zero-order valence-electron chi connectivity index (χ0n) is 26.9. The third-order valence-corrected chi connectivity index (χ3v) is 13.1. The summed E-state index contributed by atoms with van der Waals surface area (Å²) in [4.78, 5) is 0. The van der Waals surface area contributed by atoms with Crippen molar-refractivity contribution in [3.05, 3.63) is 132 Å². The number of benzene rings is 4. The Balaban J connectivity index is 1.58. The summed E-state index contributed by atoms with van der Waals surface area (Å²) in [6.07, 6.45) is 0.277. The SMILES string of the molecule is COC(OC)[C@@H](C[C@@H](CCO[Si](c1ccccc1)(c1ccccc1)C(C)(C)C)OCc1ccccc1)OCc1ccccc1. The Morgan fingerprint density at radius 1 is 0.591 bits per heavy atom. The highest BCUT2D eigenvalue weighted by molar-refractivity contribution is 6.99. The molecule has 0 radical (unpaired) electrons. The summed E-state index contributed by atoms with van der Waals surface area (Å²) in [6.45, 7) is 8.41. The van der Waals surface area contributed by atoms with Gasteiger partial charge in [-0.2, -0.15) is 0 Å². The van der Waals surface area contributed by atoms with E-state index in [9.17, 15) is 0 Å². The minimum absolute atomic E-state index is 0.103. The van der Waals surface area contributed by atoms with Gasteiger partial charge in [0.05, 0.1) is 19.3 Å². The number of hydrogen-bond acceptors (Lipinski definition) is 5. The van der Waals surface area contributed by atoms with Gasteiger partial charge in [0.1, 0.15) is 6.10 Å². The van der Waals surface area contributed by atoms with Gasteiger partial charge in [0.2, 0.25) is 0 Å². The predicted octanol–water partition coefficient (Wildman–Crippen LogP) is 7.13. The summed E-state index contributed by atoms with van der Waals surface area (Å²) in [6, 6.07) is 42.0. The average molecular weight is 613 g/mol. The summed E-state index contributed by atoms with van der Waals surface area (Å²) >= 11 is 0. The van der Waals surface area contributed by atoms with E-state index in [1.807, 2.05) is 36.4 Å². The number of rotatable bonds is 17. The highest BCUT2D eigenvalue weighted by Gasteiger charge is 2.50. The number of ether oxygens (including phenoxy) is 4. The lowest BCUT2D eigenvalue weighted by Crippen LogP contribution is -2.66. The highest BCUT2D eigenvalue weighted by atomic mass is 28.4. The molecule has 0 bridgehead atoms. The van der Waals surface area contributed by atoms with Crippen molar-refractivity contribution in [1.82, 2.24) is 0 Å². The molecule has 0 aliphatic heterocycles. The monoisotopic (exact) mass is 612 g/mol. The molecule has 0 heterocycles. The lowest BCUT2D eigenvalue weighted by Gasteiger charge is -2.43. The second-order valence-corrected chi connectivity index (χ2v) is 16.4. The Hall–Kier alpha value is -3.10. The van der Waals surface area contributed by atoms with Gasteiger partial charge in [0.15, 0.2) is 6.29 Å². The molecular weight excluding hydrogens is 564 g/mol. The molecule has 44 heavy (non-hydrogen) atoms. The maximum Gasteiger partial charge on any atom is 0.261 e. The van der Waals surface area contributed by atoms with E-state index in [1.54, 1.807) is 14.2 Å². The fourth-order valence-electron chi connectivity index (χ4n) is 5.86. The van der Waals surface area contributed by atoms with Gasteiger partial charge in [-0.05, 0) is 33.0 Å². The molecule has 4 rings (SSSR count). The number of hydrogen-bond donors (Lipinski definition) is 0. The standard InChI is InChI=1S/C38H48O5Si/c1-38(2,3)44(34-22-14-8-15-23-34,35-24-16-9-17-25-35)43-27-26-33(41-29-31-18-10-6-11-19-31)28-36(37(39-4)40-5)42-30-32-20-12-7-13-21-32/h6-25,33,36-37H,26-30H2,1-5H3/t33-,36-/m1/s1. The van der Waals surface area contributed by atoms with Gasteiger partial charge >= 0.3 is 0 Å². The maximum absolute atomic E-state index is 7.23. The van der Waals surface area contributed by atoms with Crippen molar-refractivity contribution in [2.24, 2.45) is 0 Å². The molecule has 2 atom stereocenters. The minimum Gasteiger partial charge on any atom is -0.407 e. The van der Waals surface area contributed by atoms with Crippen molar-refractivity contribution in [1.29, 1.82) is 0 Å². The van der Waals surface area contributed by atoms with Crippen molar-refractivity contribution >= 4 is 18.7 Å². The van der Waals surface area contributed by atoms with E-state index in [4.69, 9.17) is 23.4 Å². The quantitative estimate of drug-likeness (QED) is 0.0938. The van der Waals surface area contributed by atoms with Crippen LogP contribution >= 0.6 is 0 Å². The zero-order chi connectivity index (χ0) is 31.3. The van der Waals surface area contributed by atoms with Crippen LogP contribution in [0.25, 0.3) is 0 Å². The zero-order valence-corrected chi connectivity index (χ0v) is 27.9. The summed E-state index contributed by atoms with van der Waals surface area (Å²) in [5.74, 6) is 0. The molecule has 0 saturated heterocycles. The van der Waals surface area contributed by atoms with Crippen LogP contribution < -0.4 is 10.4 Å². The Labute approximate surface area is 265 Å². The molecule has 234 valence electrons. The molecule has 0 fully saturated rings. The molecule has 5 nitrogen and oxygen atoms in total. The summed E-state index contributed by atoms with van der Waals surface area (Å²) in [7, 11) is 0.630. The lowest BCUT2D eigenvalue weighted by atomic mass is 10.1. The van der Waals surface area contributed by atoms with Gasteiger partial charge in [-0.3, -0.25) is 0 Å². The van der Waals surface area contributed by atoms with E-state index >= 15 is 0 Å². The second kappa shape index (κ2) is 16.8. The normalized spacial score (nSPS) is 13.6. The Morgan fingerprint density at radius 2 is 1.02 bits per heavy atom. The van der Waals surface area contributed by atoms with Crippen LogP contribution in [0.4, 0.5) is 0 Å². The van der Waals surface area contributed by atoms with E-state index in [-0.39, 0.29) is 17.2 Å². The van der Waals surface area contributed by atoms with Crippen molar-refractivity contribution in [2.45, 2.75) is 70.4 Å². The summed E-state index contributed by atoms with van der Waals surface area (Å²) in [5, 5.41) is 2.43. The molecule has 6 heteroatoms. The molecule has 4 aromatic rings. The highest BCUT2D eigenvalue weighted by Crippen LogP contribution is 2.37. The van der Waals surface area contributed by atoms with E-state index in [0.29, 0.717) is 32.7 Å². The van der Waals surface area contributed by atoms with Gasteiger partial charge in [-0.1, -0.05) is 142 Å². The van der Waals surface area contributed by atoms with Crippen LogP contribution in [0, 0.1) is 0 Å². The smallest absolute Gasteiger partial charge is 0.261 e. The van der Waals surface area contributed by atoms with Crippen LogP contribution in [-0.2, 0) is 36.6 Å². The van der Waals surface area contributed by atoms with Gasteiger partial charge in [0, 0.05) is 27.2 Å². The van der Waals surface area contributed by atoms with Crippen LogP contribution in [0.1, 0.15) is 44.7 Å². The first-order valence-electron chi connectivity index (χ1n) is 15.5. The van der Waals surface area contributed by atoms with Crippen LogP contribution in [0.2, 0.25) is 5.04 Å². The van der Waals surface area contributed by atoms with Gasteiger partial charge in [0.25, 0.3) is 8.32 Å². The first-order valence-corrected chi connectivity index (χ1v) is 17.4. The van der Waals surface area contributed by atoms with Crippen molar-refractivity contribution in [3.63, 3.8) is 0 Å². The molecule has 4 aromatic carbocycles. The summed E-state index contributed by atoms with van der Waals surface area (Å²) < 4.78 is 31.7. The van der Waals surface area contributed by atoms with Crippen LogP contribution in [0.15, 0.2) is 121 Å². The fraction of sp³-hybridized carbons (Fsp3) is 0.368. The van der Waals surface area contributed by atoms with Gasteiger partial charge < -0.3 is 23.4 Å². The van der Waals surface area contributed by atoms with Crippen molar-refractivity contribution < 1.29 is 23.4 Å². The third-order valence-electron chi connectivity index (χ3n) is 8.07. The first-order chi connectivity index (χ1) is 21.4. The topological polar surface area (TPSA) is 46.2 Å². The maximum atomic E-state index is 7.23. The minimum atomic E-state index is -2.67. The van der Waals surface area contributed by atoms with Crippen molar-refractivity contribution in [2.75, 3.05) is 20.8 Å². The second-order valence-electron chi connectivity index (χ2n) is 12.1. The lowest BCUT2D eigenvalue weighted by molar-refractivity contribution is -0.194. The predicted molar refractivity (Wildman–Crippen MR) is 181 cm³/mol. The van der Waals surface area contributed by atoms with E-state index in [2.05, 4.69) is 106 Å². The van der Waals surface area contributed by atoms with Crippen LogP contribution in [0.5, 0.6) is 0 Å². The molecule has 0 aliphatic rings. The number of methoxy groups -OCH3 is 2. The largest absolute Gasteiger partial charge is 0.407 e. The van der Waals surface area contributed by atoms with E-state index < -0.39 is 14.6 Å². The van der Waals surface area contributed by atoms with Crippen LogP contribution in [0.3, 0.4) is 0 Å². The summed E-state index contributed by atoms with van der Waals surface area (Å²) in [5.41, 5.74) is 2.22. The molecule has 0 amide bonds. The Bertz CT molecular complexity index is 1290. The van der Waals surface area contributed by atoms with Gasteiger partial charge in [-0.25, -0.2) is 0 Å². The molecule has 0 unspecified atom stereocenters. The first kappa shape index (κ1) is 33.8. The van der Waals surface area contributed by atoms with Crippen molar-refractivity contribution in [3.8, 4) is 0 Å². The van der Waals surface area contributed by atoms with Gasteiger partial charge in [-0.15, -0.1) is 0 Å². The molecular formula is C38H48O5Si.